The molecule has 11 atom stereocenters. The third kappa shape index (κ3) is 29.6. The average molecular weight is 1000 g/mol. The lowest BCUT2D eigenvalue weighted by atomic mass is 9.98. The Labute approximate surface area is 422 Å². The first-order chi connectivity index (χ1) is 34.0. The van der Waals surface area contributed by atoms with Crippen LogP contribution in [0.15, 0.2) is 24.3 Å². The maximum Gasteiger partial charge on any atom is 0.306 e. The second kappa shape index (κ2) is 42.3. The lowest BCUT2D eigenvalue weighted by molar-refractivity contribution is -0.332. The summed E-state index contributed by atoms with van der Waals surface area (Å²) in [5, 5.41) is 72.1. The second-order valence-corrected chi connectivity index (χ2v) is 19.8. The van der Waals surface area contributed by atoms with E-state index in [0.717, 1.165) is 38.5 Å². The number of hydrogen-bond acceptors (Lipinski definition) is 15. The van der Waals surface area contributed by atoms with Crippen molar-refractivity contribution in [1.82, 2.24) is 0 Å². The standard InChI is InChI=1S/C55H100O15/c1-3-5-7-9-11-13-15-16-17-18-19-20-21-22-23-24-25-26-28-30-32-34-36-38-47(58)68-43(40-65-46(57)37-35-33-31-29-27-14-12-10-8-6-4-2)41-66-54-53(64)51(62)49(60)45(70-54)42-67-55-52(63)50(61)48(59)44(39-56)69-55/h24-25,30,32,43-45,48-56,59-64H,3-23,26-29,31,33-42H2,1-2H3/b25-24+,32-30+/t43-,44+,45+,48-,49-,50?,51?,52?,53?,54+,55+/m1/s1. The zero-order valence-corrected chi connectivity index (χ0v) is 43.5. The summed E-state index contributed by atoms with van der Waals surface area (Å²) < 4.78 is 33.6. The minimum absolute atomic E-state index is 0.109. The van der Waals surface area contributed by atoms with Gasteiger partial charge in [0, 0.05) is 12.8 Å². The summed E-state index contributed by atoms with van der Waals surface area (Å²) in [6, 6.07) is 0. The molecule has 2 fully saturated rings. The van der Waals surface area contributed by atoms with E-state index in [9.17, 15) is 45.3 Å². The molecular formula is C55H100O15. The van der Waals surface area contributed by atoms with Crippen LogP contribution in [0.2, 0.25) is 0 Å². The van der Waals surface area contributed by atoms with Gasteiger partial charge in [-0.25, -0.2) is 0 Å². The minimum atomic E-state index is -1.77. The Hall–Kier alpha value is -2.02. The van der Waals surface area contributed by atoms with Gasteiger partial charge in [-0.05, 0) is 44.9 Å². The number of carbonyl (C=O) groups excluding carboxylic acids is 2. The molecule has 0 radical (unpaired) electrons. The van der Waals surface area contributed by atoms with Gasteiger partial charge in [0.25, 0.3) is 0 Å². The van der Waals surface area contributed by atoms with Crippen molar-refractivity contribution in [2.24, 2.45) is 0 Å². The van der Waals surface area contributed by atoms with Gasteiger partial charge in [-0.2, -0.15) is 0 Å². The molecule has 4 unspecified atom stereocenters. The largest absolute Gasteiger partial charge is 0.462 e. The number of rotatable bonds is 44. The number of unbranched alkanes of at least 4 members (excludes halogenated alkanes) is 26. The topological polar surface area (TPSA) is 231 Å². The fourth-order valence-corrected chi connectivity index (χ4v) is 8.83. The van der Waals surface area contributed by atoms with Crippen molar-refractivity contribution in [1.29, 1.82) is 0 Å². The van der Waals surface area contributed by atoms with Crippen molar-refractivity contribution in [2.75, 3.05) is 26.4 Å². The Kier molecular flexibility index (Phi) is 38.8. The Morgan fingerprint density at radius 3 is 1.34 bits per heavy atom. The first-order valence-corrected chi connectivity index (χ1v) is 27.9. The number of aliphatic hydroxyl groups excluding tert-OH is 7. The highest BCUT2D eigenvalue weighted by Crippen LogP contribution is 2.27. The summed E-state index contributed by atoms with van der Waals surface area (Å²) in [5.41, 5.74) is 0. The fraction of sp³-hybridized carbons (Fsp3) is 0.891. The van der Waals surface area contributed by atoms with Crippen LogP contribution in [0.5, 0.6) is 0 Å². The first kappa shape index (κ1) is 64.1. The van der Waals surface area contributed by atoms with Crippen molar-refractivity contribution < 1.29 is 73.8 Å². The summed E-state index contributed by atoms with van der Waals surface area (Å²) in [6.45, 7) is 2.57. The van der Waals surface area contributed by atoms with E-state index in [2.05, 4.69) is 38.2 Å². The Balaban J connectivity index is 1.76. The molecule has 0 aromatic heterocycles. The number of carbonyl (C=O) groups is 2. The van der Waals surface area contributed by atoms with Gasteiger partial charge in [0.15, 0.2) is 18.7 Å². The maximum atomic E-state index is 13.0. The van der Waals surface area contributed by atoms with Gasteiger partial charge in [0.05, 0.1) is 19.8 Å². The molecule has 2 saturated heterocycles. The minimum Gasteiger partial charge on any atom is -0.462 e. The van der Waals surface area contributed by atoms with Crippen molar-refractivity contribution in [2.45, 2.75) is 287 Å². The molecular weight excluding hydrogens is 901 g/mol. The SMILES string of the molecule is CCCCCCCCCCCCCCCC/C=C/CC/C=C/CCCC(=O)O[C@H](COC(=O)CCCCCCCCCCCCC)CO[C@H]1O[C@@H](CO[C@H]2O[C@@H](CO)[C@@H](O)C(O)C2O)[C@@H](O)C(O)C1O. The molecule has 2 heterocycles. The molecule has 0 aliphatic carbocycles. The molecule has 0 aromatic carbocycles. The van der Waals surface area contributed by atoms with E-state index in [-0.39, 0.29) is 19.4 Å². The van der Waals surface area contributed by atoms with Gasteiger partial charge >= 0.3 is 11.9 Å². The van der Waals surface area contributed by atoms with Crippen LogP contribution in [0.4, 0.5) is 0 Å². The lowest BCUT2D eigenvalue weighted by Gasteiger charge is -2.42. The van der Waals surface area contributed by atoms with E-state index >= 15 is 0 Å². The molecule has 15 nitrogen and oxygen atoms in total. The molecule has 0 amide bonds. The zero-order chi connectivity index (χ0) is 51.0. The summed E-state index contributed by atoms with van der Waals surface area (Å²) in [5.74, 6) is -0.967. The van der Waals surface area contributed by atoms with Crippen LogP contribution in [0.1, 0.15) is 219 Å². The average Bonchev–Trinajstić information content (AvgIpc) is 3.35. The van der Waals surface area contributed by atoms with E-state index in [1.165, 1.54) is 135 Å². The normalized spacial score (nSPS) is 25.5. The van der Waals surface area contributed by atoms with Gasteiger partial charge in [0.2, 0.25) is 0 Å². The molecule has 0 saturated carbocycles. The van der Waals surface area contributed by atoms with Crippen LogP contribution < -0.4 is 0 Å². The highest BCUT2D eigenvalue weighted by molar-refractivity contribution is 5.70. The smallest absolute Gasteiger partial charge is 0.306 e. The highest BCUT2D eigenvalue weighted by atomic mass is 16.7. The summed E-state index contributed by atoms with van der Waals surface area (Å²) in [4.78, 5) is 25.7. The molecule has 0 spiro atoms. The van der Waals surface area contributed by atoms with E-state index in [0.29, 0.717) is 19.3 Å². The van der Waals surface area contributed by atoms with Gasteiger partial charge < -0.3 is 64.2 Å². The predicted octanol–water partition coefficient (Wildman–Crippen LogP) is 8.72. The van der Waals surface area contributed by atoms with Crippen molar-refractivity contribution in [3.8, 4) is 0 Å². The molecule has 7 N–H and O–H groups in total. The number of aliphatic hydroxyl groups is 7. The number of ether oxygens (including phenoxy) is 6. The van der Waals surface area contributed by atoms with Crippen LogP contribution in [-0.4, -0.2) is 142 Å². The maximum absolute atomic E-state index is 13.0. The third-order valence-electron chi connectivity index (χ3n) is 13.4. The van der Waals surface area contributed by atoms with Crippen LogP contribution in [0.3, 0.4) is 0 Å². The number of allylic oxidation sites excluding steroid dienone is 4. The summed E-state index contributed by atoms with van der Waals surface area (Å²) in [6.07, 6.45) is 28.0. The molecule has 0 aromatic rings. The van der Waals surface area contributed by atoms with Crippen LogP contribution in [0, 0.1) is 0 Å². The van der Waals surface area contributed by atoms with Crippen LogP contribution in [0.25, 0.3) is 0 Å². The van der Waals surface area contributed by atoms with E-state index in [1.54, 1.807) is 0 Å². The van der Waals surface area contributed by atoms with E-state index in [4.69, 9.17) is 28.4 Å². The summed E-state index contributed by atoms with van der Waals surface area (Å²) in [7, 11) is 0. The van der Waals surface area contributed by atoms with Crippen molar-refractivity contribution >= 4 is 11.9 Å². The molecule has 0 bridgehead atoms. The Bertz CT molecular complexity index is 1310. The third-order valence-corrected chi connectivity index (χ3v) is 13.4. The molecule has 2 aliphatic rings. The monoisotopic (exact) mass is 1000 g/mol. The van der Waals surface area contributed by atoms with Crippen molar-refractivity contribution in [3.63, 3.8) is 0 Å². The Morgan fingerprint density at radius 2 is 0.843 bits per heavy atom. The lowest BCUT2D eigenvalue weighted by Crippen LogP contribution is -2.61. The first-order valence-electron chi connectivity index (χ1n) is 27.9. The molecule has 70 heavy (non-hydrogen) atoms. The number of hydrogen-bond donors (Lipinski definition) is 7. The molecule has 410 valence electrons. The predicted molar refractivity (Wildman–Crippen MR) is 271 cm³/mol. The van der Waals surface area contributed by atoms with Gasteiger partial charge in [-0.15, -0.1) is 0 Å². The van der Waals surface area contributed by atoms with Gasteiger partial charge in [-0.1, -0.05) is 186 Å². The van der Waals surface area contributed by atoms with E-state index < -0.39 is 99.3 Å². The fourth-order valence-electron chi connectivity index (χ4n) is 8.83. The van der Waals surface area contributed by atoms with Crippen LogP contribution in [-0.2, 0) is 38.0 Å². The van der Waals surface area contributed by atoms with Crippen molar-refractivity contribution in [3.05, 3.63) is 24.3 Å². The number of esters is 2. The molecule has 2 rings (SSSR count). The summed E-state index contributed by atoms with van der Waals surface area (Å²) >= 11 is 0. The van der Waals surface area contributed by atoms with E-state index in [1.807, 2.05) is 0 Å². The molecule has 2 aliphatic heterocycles. The Morgan fingerprint density at radius 1 is 0.443 bits per heavy atom. The van der Waals surface area contributed by atoms with Crippen LogP contribution >= 0.6 is 0 Å². The van der Waals surface area contributed by atoms with Gasteiger partial charge in [-0.3, -0.25) is 9.59 Å². The molecule has 15 heteroatoms. The zero-order valence-electron chi connectivity index (χ0n) is 43.5. The second-order valence-electron chi connectivity index (χ2n) is 19.8. The highest BCUT2D eigenvalue weighted by Gasteiger charge is 2.47. The van der Waals surface area contributed by atoms with Gasteiger partial charge in [0.1, 0.15) is 55.4 Å². The quantitative estimate of drug-likeness (QED) is 0.0172.